The molecule has 112 valence electrons. The van der Waals surface area contributed by atoms with E-state index in [-0.39, 0.29) is 11.1 Å². The van der Waals surface area contributed by atoms with Gasteiger partial charge >= 0.3 is 6.18 Å². The molecule has 1 atom stereocenters. The number of nitrogens with zero attached hydrogens (tertiary/aromatic N) is 2. The molecule has 2 heterocycles. The Kier molecular flexibility index (Phi) is 4.75. The average molecular weight is 309 g/mol. The summed E-state index contributed by atoms with van der Waals surface area (Å²) in [5.74, 6) is 0.342. The molecule has 0 radical (unpaired) electrons. The van der Waals surface area contributed by atoms with E-state index in [0.29, 0.717) is 12.4 Å². The van der Waals surface area contributed by atoms with Gasteiger partial charge in [-0.1, -0.05) is 11.6 Å². The van der Waals surface area contributed by atoms with Gasteiger partial charge in [0, 0.05) is 26.4 Å². The van der Waals surface area contributed by atoms with Gasteiger partial charge in [0.2, 0.25) is 0 Å². The number of ether oxygens (including phenoxy) is 1. The Bertz CT molecular complexity index is 461. The molecule has 20 heavy (non-hydrogen) atoms. The summed E-state index contributed by atoms with van der Waals surface area (Å²) in [6.07, 6.45) is -0.442. The van der Waals surface area contributed by atoms with Gasteiger partial charge in [-0.15, -0.1) is 0 Å². The van der Waals surface area contributed by atoms with Gasteiger partial charge in [0.1, 0.15) is 5.82 Å². The molecule has 0 aliphatic carbocycles. The van der Waals surface area contributed by atoms with Crippen molar-refractivity contribution in [2.24, 2.45) is 0 Å². The van der Waals surface area contributed by atoms with Crippen LogP contribution in [0.1, 0.15) is 24.8 Å². The summed E-state index contributed by atoms with van der Waals surface area (Å²) in [6.45, 7) is 1.30. The molecule has 0 aromatic carbocycles. The van der Waals surface area contributed by atoms with E-state index in [1.807, 2.05) is 0 Å². The lowest BCUT2D eigenvalue weighted by atomic mass is 10.1. The highest BCUT2D eigenvalue weighted by molar-refractivity contribution is 6.33. The molecule has 7 heteroatoms. The number of likely N-dealkylation sites (N-methyl/N-ethyl adjacent to an activating group) is 1. The summed E-state index contributed by atoms with van der Waals surface area (Å²) in [5.41, 5.74) is -0.839. The van der Waals surface area contributed by atoms with Gasteiger partial charge in [-0.3, -0.25) is 0 Å². The fourth-order valence-corrected chi connectivity index (χ4v) is 2.52. The molecule has 0 spiro atoms. The van der Waals surface area contributed by atoms with Crippen molar-refractivity contribution in [2.45, 2.75) is 31.5 Å². The molecule has 3 nitrogen and oxygen atoms in total. The van der Waals surface area contributed by atoms with E-state index in [4.69, 9.17) is 16.3 Å². The third-order valence-electron chi connectivity index (χ3n) is 3.26. The second-order valence-corrected chi connectivity index (χ2v) is 5.30. The van der Waals surface area contributed by atoms with Crippen LogP contribution in [0.3, 0.4) is 0 Å². The third kappa shape index (κ3) is 3.76. The fourth-order valence-electron chi connectivity index (χ4n) is 2.21. The van der Waals surface area contributed by atoms with E-state index in [2.05, 4.69) is 4.98 Å². The van der Waals surface area contributed by atoms with Gasteiger partial charge in [-0.2, -0.15) is 13.2 Å². The zero-order chi connectivity index (χ0) is 14.8. The van der Waals surface area contributed by atoms with Crippen LogP contribution in [-0.4, -0.2) is 31.3 Å². The number of halogens is 4. The van der Waals surface area contributed by atoms with Crippen LogP contribution in [-0.2, 0) is 10.9 Å². The van der Waals surface area contributed by atoms with E-state index in [0.717, 1.165) is 38.1 Å². The van der Waals surface area contributed by atoms with Crippen LogP contribution in [0.15, 0.2) is 12.3 Å². The molecule has 1 aromatic heterocycles. The Morgan fingerprint density at radius 3 is 2.75 bits per heavy atom. The molecule has 0 bridgehead atoms. The van der Waals surface area contributed by atoms with Gasteiger partial charge < -0.3 is 9.64 Å². The maximum Gasteiger partial charge on any atom is 0.417 e. The first-order valence-corrected chi connectivity index (χ1v) is 6.81. The number of hydrogen-bond donors (Lipinski definition) is 0. The summed E-state index contributed by atoms with van der Waals surface area (Å²) >= 11 is 5.90. The Hall–Kier alpha value is -1.01. The van der Waals surface area contributed by atoms with Crippen LogP contribution in [0.25, 0.3) is 0 Å². The molecular weight excluding hydrogens is 293 g/mol. The molecule has 1 aromatic rings. The average Bonchev–Trinajstić information content (AvgIpc) is 2.38. The molecule has 2 rings (SSSR count). The van der Waals surface area contributed by atoms with Gasteiger partial charge in [0.15, 0.2) is 0 Å². The Labute approximate surface area is 120 Å². The van der Waals surface area contributed by atoms with Crippen molar-refractivity contribution in [1.82, 2.24) is 4.98 Å². The summed E-state index contributed by atoms with van der Waals surface area (Å²) < 4.78 is 43.2. The van der Waals surface area contributed by atoms with Gasteiger partial charge in [-0.25, -0.2) is 4.98 Å². The number of alkyl halides is 3. The molecule has 1 unspecified atom stereocenters. The van der Waals surface area contributed by atoms with Gasteiger partial charge in [-0.05, 0) is 25.3 Å². The summed E-state index contributed by atoms with van der Waals surface area (Å²) in [6, 6.07) is 0.905. The highest BCUT2D eigenvalue weighted by Crippen LogP contribution is 2.33. The second-order valence-electron chi connectivity index (χ2n) is 4.90. The first-order chi connectivity index (χ1) is 9.38. The zero-order valence-electron chi connectivity index (χ0n) is 11.1. The minimum atomic E-state index is -4.43. The van der Waals surface area contributed by atoms with Crippen LogP contribution in [0.2, 0.25) is 5.02 Å². The number of anilines is 1. The van der Waals surface area contributed by atoms with Crippen molar-refractivity contribution in [3.63, 3.8) is 0 Å². The highest BCUT2D eigenvalue weighted by atomic mass is 35.5. The van der Waals surface area contributed by atoms with E-state index >= 15 is 0 Å². The van der Waals surface area contributed by atoms with Crippen LogP contribution in [0.4, 0.5) is 19.0 Å². The van der Waals surface area contributed by atoms with E-state index in [1.165, 1.54) is 0 Å². The first-order valence-electron chi connectivity index (χ1n) is 6.43. The normalized spacial score (nSPS) is 19.9. The molecule has 1 fully saturated rings. The lowest BCUT2D eigenvalue weighted by Gasteiger charge is -2.28. The van der Waals surface area contributed by atoms with Crippen LogP contribution in [0, 0.1) is 0 Å². The number of aromatic nitrogens is 1. The third-order valence-corrected chi connectivity index (χ3v) is 3.54. The summed E-state index contributed by atoms with van der Waals surface area (Å²) in [7, 11) is 1.75. The van der Waals surface area contributed by atoms with Crippen molar-refractivity contribution in [1.29, 1.82) is 0 Å². The second kappa shape index (κ2) is 6.18. The van der Waals surface area contributed by atoms with Crippen LogP contribution < -0.4 is 4.90 Å². The number of pyridine rings is 1. The molecule has 1 saturated heterocycles. The van der Waals surface area contributed by atoms with Crippen molar-refractivity contribution < 1.29 is 17.9 Å². The zero-order valence-corrected chi connectivity index (χ0v) is 11.8. The fraction of sp³-hybridized carbons (Fsp3) is 0.615. The van der Waals surface area contributed by atoms with E-state index < -0.39 is 11.7 Å². The van der Waals surface area contributed by atoms with E-state index in [9.17, 15) is 13.2 Å². The topological polar surface area (TPSA) is 25.4 Å². The minimum Gasteiger partial charge on any atom is -0.376 e. The van der Waals surface area contributed by atoms with Crippen molar-refractivity contribution in [3.05, 3.63) is 22.8 Å². The Morgan fingerprint density at radius 1 is 1.45 bits per heavy atom. The van der Waals surface area contributed by atoms with Crippen molar-refractivity contribution >= 4 is 17.4 Å². The Morgan fingerprint density at radius 2 is 2.20 bits per heavy atom. The van der Waals surface area contributed by atoms with Gasteiger partial charge in [0.25, 0.3) is 0 Å². The molecule has 0 N–H and O–H groups in total. The minimum absolute atomic E-state index is 0.00173. The van der Waals surface area contributed by atoms with Crippen LogP contribution in [0.5, 0.6) is 0 Å². The monoisotopic (exact) mass is 308 g/mol. The molecule has 1 aliphatic heterocycles. The van der Waals surface area contributed by atoms with E-state index in [1.54, 1.807) is 11.9 Å². The predicted molar refractivity (Wildman–Crippen MR) is 71.1 cm³/mol. The van der Waals surface area contributed by atoms with Crippen molar-refractivity contribution in [2.75, 3.05) is 25.1 Å². The summed E-state index contributed by atoms with van der Waals surface area (Å²) in [5, 5.41) is -0.00173. The highest BCUT2D eigenvalue weighted by Gasteiger charge is 2.32. The Balaban J connectivity index is 2.07. The lowest BCUT2D eigenvalue weighted by Crippen LogP contribution is -2.34. The lowest BCUT2D eigenvalue weighted by molar-refractivity contribution is -0.137. The largest absolute Gasteiger partial charge is 0.417 e. The van der Waals surface area contributed by atoms with Crippen LogP contribution >= 0.6 is 11.6 Å². The molecule has 0 amide bonds. The standard InChI is InChI=1S/C13H16ClF3N2O/c1-19(8-10-4-2-3-5-20-10)12-11(14)6-9(7-18-12)13(15,16)17/h6-7,10H,2-5,8H2,1H3. The smallest absolute Gasteiger partial charge is 0.376 e. The SMILES string of the molecule is CN(CC1CCCCO1)c1ncc(C(F)(F)F)cc1Cl. The quantitative estimate of drug-likeness (QED) is 0.850. The maximum absolute atomic E-state index is 12.5. The first kappa shape index (κ1) is 15.4. The van der Waals surface area contributed by atoms with Crippen molar-refractivity contribution in [3.8, 4) is 0 Å². The molecule has 0 saturated carbocycles. The maximum atomic E-state index is 12.5. The van der Waals surface area contributed by atoms with Gasteiger partial charge in [0.05, 0.1) is 16.7 Å². The summed E-state index contributed by atoms with van der Waals surface area (Å²) in [4.78, 5) is 5.56. The molecular formula is C13H16ClF3N2O. The number of hydrogen-bond acceptors (Lipinski definition) is 3. The number of rotatable bonds is 3. The molecule has 1 aliphatic rings. The predicted octanol–water partition coefficient (Wildman–Crippen LogP) is 3.76.